The van der Waals surface area contributed by atoms with Gasteiger partial charge in [-0.15, -0.1) is 0 Å². The van der Waals surface area contributed by atoms with Crippen molar-refractivity contribution < 1.29 is 0 Å². The van der Waals surface area contributed by atoms with Crippen molar-refractivity contribution >= 4 is 24.2 Å². The van der Waals surface area contributed by atoms with Gasteiger partial charge in [-0.25, -0.2) is 0 Å². The first kappa shape index (κ1) is 6.97. The van der Waals surface area contributed by atoms with Crippen LogP contribution >= 0.6 is 11.6 Å². The molecule has 2 heteroatoms. The molecule has 0 spiro atoms. The van der Waals surface area contributed by atoms with Crippen LogP contribution in [0.25, 0.3) is 0 Å². The molecule has 0 aliphatic heterocycles. The van der Waals surface area contributed by atoms with Gasteiger partial charge in [0.05, 0.1) is 0 Å². The fourth-order valence-corrected chi connectivity index (χ4v) is 1.08. The van der Waals surface area contributed by atoms with E-state index < -0.39 is 0 Å². The molecule has 0 saturated carbocycles. The fraction of sp³-hybridized carbons (Fsp3) is 0.143. The van der Waals surface area contributed by atoms with Crippen LogP contribution in [-0.4, -0.2) is 0 Å². The van der Waals surface area contributed by atoms with Crippen LogP contribution in [0, 0.1) is 0 Å². The van der Waals surface area contributed by atoms with Gasteiger partial charge in [-0.3, -0.25) is 0 Å². The zero-order chi connectivity index (χ0) is 6.69. The third-order valence-corrected chi connectivity index (χ3v) is 1.74. The van der Waals surface area contributed by atoms with Crippen molar-refractivity contribution in [2.45, 2.75) is 5.75 Å². The van der Waals surface area contributed by atoms with E-state index in [-0.39, 0.29) is 0 Å². The minimum Gasteiger partial charge on any atom is -0.0843 e. The molecule has 0 heterocycles. The molecule has 0 atom stereocenters. The van der Waals surface area contributed by atoms with Crippen molar-refractivity contribution in [3.63, 3.8) is 0 Å². The van der Waals surface area contributed by atoms with E-state index in [1.54, 1.807) is 0 Å². The maximum Gasteiger partial charge on any atom is 0.128 e. The molecular weight excluding hydrogens is 152 g/mol. The minimum absolute atomic E-state index is 0.797. The standard InChI is InChI=1S/C7H7ClS/c8-7-3-1-2-6(4-7)5-9/h1-4,9H,5H2/p+1. The van der Waals surface area contributed by atoms with Crippen LogP contribution in [0.2, 0.25) is 5.02 Å². The summed E-state index contributed by atoms with van der Waals surface area (Å²) in [5, 5.41) is 0.797. The fourth-order valence-electron chi connectivity index (χ4n) is 0.647. The summed E-state index contributed by atoms with van der Waals surface area (Å²) in [6, 6.07) is 7.78. The summed E-state index contributed by atoms with van der Waals surface area (Å²) in [6.45, 7) is 0. The van der Waals surface area contributed by atoms with Crippen LogP contribution in [0.15, 0.2) is 24.3 Å². The highest BCUT2D eigenvalue weighted by molar-refractivity contribution is 7.57. The van der Waals surface area contributed by atoms with Gasteiger partial charge in [0.25, 0.3) is 0 Å². The summed E-state index contributed by atoms with van der Waals surface area (Å²) >= 11 is 9.08. The second kappa shape index (κ2) is 3.14. The Balaban J connectivity index is 2.94. The highest BCUT2D eigenvalue weighted by Crippen LogP contribution is 2.09. The smallest absolute Gasteiger partial charge is 0.0843 e. The predicted octanol–water partition coefficient (Wildman–Crippen LogP) is 1.85. The van der Waals surface area contributed by atoms with Crippen LogP contribution < -0.4 is 0 Å². The molecule has 0 aromatic heterocycles. The maximum absolute atomic E-state index is 5.70. The SMILES string of the molecule is [SH2+]Cc1cccc(Cl)c1. The van der Waals surface area contributed by atoms with E-state index in [1.807, 2.05) is 24.3 Å². The van der Waals surface area contributed by atoms with Gasteiger partial charge in [0.15, 0.2) is 0 Å². The lowest BCUT2D eigenvalue weighted by molar-refractivity contribution is 1.43. The Kier molecular flexibility index (Phi) is 2.43. The minimum atomic E-state index is 0.797. The molecule has 0 saturated heterocycles. The summed E-state index contributed by atoms with van der Waals surface area (Å²) in [4.78, 5) is 0. The molecule has 0 aliphatic rings. The third kappa shape index (κ3) is 1.92. The Morgan fingerprint density at radius 1 is 1.44 bits per heavy atom. The average molecular weight is 160 g/mol. The largest absolute Gasteiger partial charge is 0.128 e. The van der Waals surface area contributed by atoms with Gasteiger partial charge < -0.3 is 0 Å². The predicted molar refractivity (Wildman–Crippen MR) is 45.3 cm³/mol. The molecule has 0 N–H and O–H groups in total. The van der Waals surface area contributed by atoms with Gasteiger partial charge in [0, 0.05) is 10.6 Å². The van der Waals surface area contributed by atoms with Crippen LogP contribution in [0.3, 0.4) is 0 Å². The summed E-state index contributed by atoms with van der Waals surface area (Å²) in [6.07, 6.45) is 0. The molecule has 1 aromatic carbocycles. The Bertz CT molecular complexity index is 198. The van der Waals surface area contributed by atoms with Gasteiger partial charge in [0.2, 0.25) is 0 Å². The molecule has 1 rings (SSSR count). The van der Waals surface area contributed by atoms with Crippen molar-refractivity contribution in [1.29, 1.82) is 0 Å². The number of hydrogen-bond acceptors (Lipinski definition) is 0. The molecule has 0 unspecified atom stereocenters. The van der Waals surface area contributed by atoms with E-state index in [2.05, 4.69) is 12.6 Å². The summed E-state index contributed by atoms with van der Waals surface area (Å²) < 4.78 is 0. The lowest BCUT2D eigenvalue weighted by Crippen LogP contribution is -1.77. The molecular formula is C7H8ClS+. The van der Waals surface area contributed by atoms with Gasteiger partial charge in [-0.05, 0) is 24.8 Å². The first-order valence-corrected chi connectivity index (χ1v) is 3.80. The van der Waals surface area contributed by atoms with Gasteiger partial charge >= 0.3 is 0 Å². The Morgan fingerprint density at radius 2 is 2.22 bits per heavy atom. The van der Waals surface area contributed by atoms with Crippen LogP contribution in [0.4, 0.5) is 0 Å². The molecule has 0 aliphatic carbocycles. The van der Waals surface area contributed by atoms with Crippen molar-refractivity contribution in [3.05, 3.63) is 34.9 Å². The topological polar surface area (TPSA) is 0 Å². The molecule has 0 radical (unpaired) electrons. The lowest BCUT2D eigenvalue weighted by Gasteiger charge is -1.90. The van der Waals surface area contributed by atoms with E-state index >= 15 is 0 Å². The summed E-state index contributed by atoms with van der Waals surface area (Å²) in [7, 11) is 0. The van der Waals surface area contributed by atoms with Crippen molar-refractivity contribution in [2.75, 3.05) is 0 Å². The Hall–Kier alpha value is -0.140. The third-order valence-electron chi connectivity index (χ3n) is 1.09. The number of rotatable bonds is 1. The molecule has 9 heavy (non-hydrogen) atoms. The van der Waals surface area contributed by atoms with Crippen LogP contribution in [0.1, 0.15) is 5.56 Å². The first-order valence-electron chi connectivity index (χ1n) is 2.72. The van der Waals surface area contributed by atoms with E-state index in [1.165, 1.54) is 5.56 Å². The normalized spacial score (nSPS) is 9.56. The van der Waals surface area contributed by atoms with Crippen LogP contribution in [-0.2, 0) is 18.4 Å². The van der Waals surface area contributed by atoms with Crippen molar-refractivity contribution in [3.8, 4) is 0 Å². The van der Waals surface area contributed by atoms with E-state index in [0.717, 1.165) is 10.8 Å². The van der Waals surface area contributed by atoms with Gasteiger partial charge in [0.1, 0.15) is 5.75 Å². The number of benzene rings is 1. The first-order chi connectivity index (χ1) is 4.33. The van der Waals surface area contributed by atoms with E-state index in [9.17, 15) is 0 Å². The molecule has 0 nitrogen and oxygen atoms in total. The molecule has 0 fully saturated rings. The maximum atomic E-state index is 5.70. The quantitative estimate of drug-likeness (QED) is 0.549. The lowest BCUT2D eigenvalue weighted by atomic mass is 10.2. The molecule has 0 bridgehead atoms. The van der Waals surface area contributed by atoms with Crippen molar-refractivity contribution in [1.82, 2.24) is 0 Å². The van der Waals surface area contributed by atoms with Crippen molar-refractivity contribution in [2.24, 2.45) is 0 Å². The zero-order valence-electron chi connectivity index (χ0n) is 4.89. The van der Waals surface area contributed by atoms with E-state index in [4.69, 9.17) is 11.6 Å². The second-order valence-corrected chi connectivity index (χ2v) is 2.60. The highest BCUT2D eigenvalue weighted by Gasteiger charge is 1.91. The number of halogens is 1. The average Bonchev–Trinajstić information content (AvgIpc) is 1.88. The summed E-state index contributed by atoms with van der Waals surface area (Å²) in [5.41, 5.74) is 1.21. The van der Waals surface area contributed by atoms with Gasteiger partial charge in [-0.2, -0.15) is 0 Å². The Morgan fingerprint density at radius 3 is 2.67 bits per heavy atom. The van der Waals surface area contributed by atoms with Gasteiger partial charge in [-0.1, -0.05) is 23.7 Å². The highest BCUT2D eigenvalue weighted by atomic mass is 35.5. The van der Waals surface area contributed by atoms with Crippen LogP contribution in [0.5, 0.6) is 0 Å². The molecule has 1 aromatic rings. The Labute approximate surface area is 65.3 Å². The molecule has 48 valence electrons. The second-order valence-electron chi connectivity index (χ2n) is 1.81. The number of hydrogen-bond donors (Lipinski definition) is 0. The zero-order valence-corrected chi connectivity index (χ0v) is 6.65. The van der Waals surface area contributed by atoms with E-state index in [0.29, 0.717) is 0 Å². The molecule has 0 amide bonds. The monoisotopic (exact) mass is 159 g/mol. The summed E-state index contributed by atoms with van der Waals surface area (Å²) in [5.74, 6) is 0.862.